The van der Waals surface area contributed by atoms with Crippen molar-refractivity contribution in [3.63, 3.8) is 0 Å². The van der Waals surface area contributed by atoms with Crippen LogP contribution < -0.4 is 11.1 Å². The number of aryl methyl sites for hydroxylation is 1. The van der Waals surface area contributed by atoms with Crippen LogP contribution in [0.3, 0.4) is 0 Å². The summed E-state index contributed by atoms with van der Waals surface area (Å²) in [5, 5.41) is 2.90. The van der Waals surface area contributed by atoms with E-state index in [-0.39, 0.29) is 18.3 Å². The first-order chi connectivity index (χ1) is 7.74. The zero-order valence-electron chi connectivity index (χ0n) is 10.2. The number of carbonyl (C=O) groups excluding carboxylic acids is 1. The fourth-order valence-corrected chi connectivity index (χ4v) is 1.58. The third-order valence-corrected chi connectivity index (χ3v) is 2.59. The van der Waals surface area contributed by atoms with Crippen molar-refractivity contribution in [2.75, 3.05) is 13.1 Å². The minimum Gasteiger partial charge on any atom is -0.356 e. The Balaban J connectivity index is 0.00000256. The van der Waals surface area contributed by atoms with Gasteiger partial charge in [-0.15, -0.1) is 12.4 Å². The number of benzene rings is 1. The third kappa shape index (κ3) is 6.29. The molecule has 4 heteroatoms. The number of halogens is 1. The number of nitrogens with one attached hydrogen (secondary N) is 1. The molecule has 0 aromatic heterocycles. The minimum atomic E-state index is 0. The van der Waals surface area contributed by atoms with E-state index in [2.05, 4.69) is 24.4 Å². The van der Waals surface area contributed by atoms with Gasteiger partial charge in [0.25, 0.3) is 0 Å². The molecular formula is C13H21ClN2O. The summed E-state index contributed by atoms with van der Waals surface area (Å²) >= 11 is 0. The van der Waals surface area contributed by atoms with Gasteiger partial charge in [-0.05, 0) is 37.4 Å². The highest BCUT2D eigenvalue weighted by molar-refractivity contribution is 5.85. The lowest BCUT2D eigenvalue weighted by Gasteiger charge is -2.07. The topological polar surface area (TPSA) is 55.1 Å². The molecule has 0 heterocycles. The number of rotatable bonds is 6. The molecule has 0 fully saturated rings. The second kappa shape index (κ2) is 9.02. The third-order valence-electron chi connectivity index (χ3n) is 2.59. The van der Waals surface area contributed by atoms with Crippen LogP contribution in [0.15, 0.2) is 24.3 Å². The quantitative estimate of drug-likeness (QED) is 0.816. The first-order valence-corrected chi connectivity index (χ1v) is 5.75. The van der Waals surface area contributed by atoms with E-state index < -0.39 is 0 Å². The van der Waals surface area contributed by atoms with Crippen LogP contribution in [0.2, 0.25) is 0 Å². The Kier molecular flexibility index (Phi) is 8.46. The van der Waals surface area contributed by atoms with Gasteiger partial charge in [0.15, 0.2) is 0 Å². The van der Waals surface area contributed by atoms with E-state index >= 15 is 0 Å². The lowest BCUT2D eigenvalue weighted by Crippen LogP contribution is -2.26. The Morgan fingerprint density at radius 1 is 1.35 bits per heavy atom. The van der Waals surface area contributed by atoms with Gasteiger partial charge >= 0.3 is 0 Å². The van der Waals surface area contributed by atoms with Crippen molar-refractivity contribution in [3.8, 4) is 0 Å². The number of carbonyl (C=O) groups is 1. The fourth-order valence-electron chi connectivity index (χ4n) is 1.58. The molecule has 0 bridgehead atoms. The molecule has 3 N–H and O–H groups in total. The van der Waals surface area contributed by atoms with Crippen LogP contribution in [-0.2, 0) is 11.2 Å². The fraction of sp³-hybridized carbons (Fsp3) is 0.462. The average Bonchev–Trinajstić information content (AvgIpc) is 2.29. The summed E-state index contributed by atoms with van der Waals surface area (Å²) in [6.45, 7) is 3.37. The SMILES string of the molecule is Cc1ccccc1CCNC(=O)CCCN.Cl. The summed E-state index contributed by atoms with van der Waals surface area (Å²) in [5.74, 6) is 0.0963. The first kappa shape index (κ1) is 15.9. The molecule has 17 heavy (non-hydrogen) atoms. The lowest BCUT2D eigenvalue weighted by atomic mass is 10.1. The summed E-state index contributed by atoms with van der Waals surface area (Å²) in [6.07, 6.45) is 2.18. The predicted molar refractivity (Wildman–Crippen MR) is 73.4 cm³/mol. The molecule has 1 amide bonds. The van der Waals surface area contributed by atoms with Crippen molar-refractivity contribution in [1.82, 2.24) is 5.32 Å². The highest BCUT2D eigenvalue weighted by atomic mass is 35.5. The van der Waals surface area contributed by atoms with Gasteiger partial charge in [-0.1, -0.05) is 24.3 Å². The van der Waals surface area contributed by atoms with Crippen LogP contribution >= 0.6 is 12.4 Å². The zero-order valence-corrected chi connectivity index (χ0v) is 11.1. The second-order valence-corrected chi connectivity index (χ2v) is 3.92. The molecule has 0 aliphatic carbocycles. The van der Waals surface area contributed by atoms with Crippen molar-refractivity contribution >= 4 is 18.3 Å². The van der Waals surface area contributed by atoms with E-state index in [1.807, 2.05) is 12.1 Å². The van der Waals surface area contributed by atoms with E-state index in [0.717, 1.165) is 12.8 Å². The average molecular weight is 257 g/mol. The summed E-state index contributed by atoms with van der Waals surface area (Å²) in [6, 6.07) is 8.24. The molecule has 1 aromatic carbocycles. The molecule has 3 nitrogen and oxygen atoms in total. The molecule has 0 radical (unpaired) electrons. The molecular weight excluding hydrogens is 236 g/mol. The van der Waals surface area contributed by atoms with E-state index in [1.165, 1.54) is 11.1 Å². The van der Waals surface area contributed by atoms with Gasteiger partial charge in [0, 0.05) is 13.0 Å². The maximum Gasteiger partial charge on any atom is 0.220 e. The van der Waals surface area contributed by atoms with E-state index in [4.69, 9.17) is 5.73 Å². The summed E-state index contributed by atoms with van der Waals surface area (Å²) in [5.41, 5.74) is 7.91. The van der Waals surface area contributed by atoms with Crippen molar-refractivity contribution in [1.29, 1.82) is 0 Å². The Labute approximate surface area is 109 Å². The van der Waals surface area contributed by atoms with E-state index in [0.29, 0.717) is 19.5 Å². The number of nitrogens with two attached hydrogens (primary N) is 1. The standard InChI is InChI=1S/C13H20N2O.ClH/c1-11-5-2-3-6-12(11)8-10-15-13(16)7-4-9-14;/h2-3,5-6H,4,7-10,14H2,1H3,(H,15,16);1H. The molecule has 1 aromatic rings. The number of hydrogen-bond donors (Lipinski definition) is 2. The van der Waals surface area contributed by atoms with Crippen molar-refractivity contribution in [2.24, 2.45) is 5.73 Å². The van der Waals surface area contributed by atoms with Crippen molar-refractivity contribution in [3.05, 3.63) is 35.4 Å². The zero-order chi connectivity index (χ0) is 11.8. The summed E-state index contributed by atoms with van der Waals surface area (Å²) < 4.78 is 0. The molecule has 0 saturated carbocycles. The van der Waals surface area contributed by atoms with Gasteiger partial charge in [0.05, 0.1) is 0 Å². The van der Waals surface area contributed by atoms with Crippen LogP contribution in [0.4, 0.5) is 0 Å². The van der Waals surface area contributed by atoms with Crippen LogP contribution in [0.25, 0.3) is 0 Å². The first-order valence-electron chi connectivity index (χ1n) is 5.75. The predicted octanol–water partition coefficient (Wildman–Crippen LogP) is 1.81. The van der Waals surface area contributed by atoms with Crippen molar-refractivity contribution < 1.29 is 4.79 Å². The Morgan fingerprint density at radius 3 is 2.71 bits per heavy atom. The lowest BCUT2D eigenvalue weighted by molar-refractivity contribution is -0.121. The Hall–Kier alpha value is -1.06. The van der Waals surface area contributed by atoms with Gasteiger partial charge in [0.2, 0.25) is 5.91 Å². The summed E-state index contributed by atoms with van der Waals surface area (Å²) in [7, 11) is 0. The highest BCUT2D eigenvalue weighted by Gasteiger charge is 2.00. The monoisotopic (exact) mass is 256 g/mol. The van der Waals surface area contributed by atoms with Gasteiger partial charge in [-0.2, -0.15) is 0 Å². The van der Waals surface area contributed by atoms with E-state index in [1.54, 1.807) is 0 Å². The number of hydrogen-bond acceptors (Lipinski definition) is 2. The van der Waals surface area contributed by atoms with Gasteiger partial charge in [-0.25, -0.2) is 0 Å². The molecule has 96 valence electrons. The van der Waals surface area contributed by atoms with Gasteiger partial charge < -0.3 is 11.1 Å². The van der Waals surface area contributed by atoms with Crippen molar-refractivity contribution in [2.45, 2.75) is 26.2 Å². The van der Waals surface area contributed by atoms with Gasteiger partial charge in [-0.3, -0.25) is 4.79 Å². The molecule has 0 saturated heterocycles. The molecule has 0 aliphatic rings. The smallest absolute Gasteiger partial charge is 0.220 e. The molecule has 0 aliphatic heterocycles. The minimum absolute atomic E-state index is 0. The number of amides is 1. The molecule has 1 rings (SSSR count). The maximum absolute atomic E-state index is 11.3. The molecule has 0 spiro atoms. The largest absolute Gasteiger partial charge is 0.356 e. The Bertz CT molecular complexity index is 342. The Morgan fingerprint density at radius 2 is 2.06 bits per heavy atom. The van der Waals surface area contributed by atoms with Crippen LogP contribution in [-0.4, -0.2) is 19.0 Å². The van der Waals surface area contributed by atoms with Crippen LogP contribution in [0.5, 0.6) is 0 Å². The summed E-state index contributed by atoms with van der Waals surface area (Å²) in [4.78, 5) is 11.3. The maximum atomic E-state index is 11.3. The normalized spacial score (nSPS) is 9.53. The molecule has 0 atom stereocenters. The van der Waals surface area contributed by atoms with Crippen LogP contribution in [0.1, 0.15) is 24.0 Å². The molecule has 0 unspecified atom stereocenters. The second-order valence-electron chi connectivity index (χ2n) is 3.92. The van der Waals surface area contributed by atoms with Crippen LogP contribution in [0, 0.1) is 6.92 Å². The van der Waals surface area contributed by atoms with Gasteiger partial charge in [0.1, 0.15) is 0 Å². The van der Waals surface area contributed by atoms with E-state index in [9.17, 15) is 4.79 Å². The highest BCUT2D eigenvalue weighted by Crippen LogP contribution is 2.06.